The smallest absolute Gasteiger partial charge is 0.0485 e. The molecule has 2 aliphatic rings. The van der Waals surface area contributed by atoms with Crippen LogP contribution in [0.5, 0.6) is 0 Å². The zero-order valence-corrected chi connectivity index (χ0v) is 13.8. The standard InChI is InChI=1S/C21H24N2/c1-2-15-11-14-7-8-16(12-14)23(15)17-9-10-19-18-5-3-4-6-20(18)22-21(19)13-17/h3-6,9-10,13-16,22H,2,7-8,11-12H2,1H3. The minimum atomic E-state index is 0.725. The van der Waals surface area contributed by atoms with E-state index < -0.39 is 0 Å². The van der Waals surface area contributed by atoms with Crippen molar-refractivity contribution in [2.24, 2.45) is 5.92 Å². The van der Waals surface area contributed by atoms with Gasteiger partial charge in [-0.3, -0.25) is 0 Å². The second kappa shape index (κ2) is 5.02. The van der Waals surface area contributed by atoms with Crippen LogP contribution in [0.3, 0.4) is 0 Å². The van der Waals surface area contributed by atoms with Crippen molar-refractivity contribution in [3.8, 4) is 0 Å². The fraction of sp³-hybridized carbons (Fsp3) is 0.429. The van der Waals surface area contributed by atoms with Crippen molar-refractivity contribution in [1.29, 1.82) is 0 Å². The Morgan fingerprint density at radius 3 is 2.78 bits per heavy atom. The molecule has 3 atom stereocenters. The minimum absolute atomic E-state index is 0.725. The summed E-state index contributed by atoms with van der Waals surface area (Å²) in [6.45, 7) is 2.35. The summed E-state index contributed by atoms with van der Waals surface area (Å²) in [5.74, 6) is 0.984. The first-order valence-electron chi connectivity index (χ1n) is 9.12. The van der Waals surface area contributed by atoms with Crippen LogP contribution in [0.2, 0.25) is 0 Å². The number of hydrogen-bond donors (Lipinski definition) is 1. The van der Waals surface area contributed by atoms with Gasteiger partial charge in [-0.05, 0) is 56.2 Å². The van der Waals surface area contributed by atoms with E-state index in [1.165, 1.54) is 59.6 Å². The van der Waals surface area contributed by atoms with E-state index in [0.29, 0.717) is 0 Å². The lowest BCUT2D eigenvalue weighted by atomic mass is 9.90. The second-order valence-corrected chi connectivity index (χ2v) is 7.44. The Morgan fingerprint density at radius 2 is 1.87 bits per heavy atom. The van der Waals surface area contributed by atoms with Gasteiger partial charge >= 0.3 is 0 Å². The topological polar surface area (TPSA) is 19.0 Å². The van der Waals surface area contributed by atoms with E-state index in [2.05, 4.69) is 59.3 Å². The molecule has 2 heteroatoms. The van der Waals surface area contributed by atoms with Crippen LogP contribution in [0.25, 0.3) is 21.8 Å². The molecule has 3 aromatic rings. The number of aromatic nitrogens is 1. The average molecular weight is 304 g/mol. The molecule has 1 aliphatic carbocycles. The highest BCUT2D eigenvalue weighted by Crippen LogP contribution is 2.43. The van der Waals surface area contributed by atoms with Crippen LogP contribution < -0.4 is 4.90 Å². The maximum atomic E-state index is 3.61. The summed E-state index contributed by atoms with van der Waals surface area (Å²) in [5.41, 5.74) is 3.94. The first-order chi connectivity index (χ1) is 11.3. The lowest BCUT2D eigenvalue weighted by Crippen LogP contribution is -2.45. The Balaban J connectivity index is 1.63. The summed E-state index contributed by atoms with van der Waals surface area (Å²) in [7, 11) is 0. The van der Waals surface area contributed by atoms with Crippen LogP contribution in [0.4, 0.5) is 5.69 Å². The summed E-state index contributed by atoms with van der Waals surface area (Å²) in [4.78, 5) is 6.35. The minimum Gasteiger partial charge on any atom is -0.365 e. The van der Waals surface area contributed by atoms with Gasteiger partial charge in [-0.2, -0.15) is 0 Å². The number of rotatable bonds is 2. The van der Waals surface area contributed by atoms with Gasteiger partial charge < -0.3 is 9.88 Å². The van der Waals surface area contributed by atoms with E-state index >= 15 is 0 Å². The lowest BCUT2D eigenvalue weighted by Gasteiger charge is -2.42. The van der Waals surface area contributed by atoms with Crippen molar-refractivity contribution in [3.63, 3.8) is 0 Å². The number of para-hydroxylation sites is 1. The first kappa shape index (κ1) is 13.5. The molecular formula is C21H24N2. The molecule has 1 saturated carbocycles. The number of piperidine rings is 1. The molecule has 0 amide bonds. The van der Waals surface area contributed by atoms with E-state index in [1.807, 2.05) is 0 Å². The molecule has 2 bridgehead atoms. The highest BCUT2D eigenvalue weighted by molar-refractivity contribution is 6.07. The van der Waals surface area contributed by atoms with Gasteiger partial charge in [-0.1, -0.05) is 31.2 Å². The van der Waals surface area contributed by atoms with Crippen molar-refractivity contribution in [2.75, 3.05) is 4.90 Å². The number of hydrogen-bond acceptors (Lipinski definition) is 1. The van der Waals surface area contributed by atoms with Crippen LogP contribution in [-0.4, -0.2) is 17.1 Å². The Kier molecular flexibility index (Phi) is 2.94. The number of H-pyrrole nitrogens is 1. The van der Waals surface area contributed by atoms with Gasteiger partial charge in [-0.15, -0.1) is 0 Å². The second-order valence-electron chi connectivity index (χ2n) is 7.44. The summed E-state index contributed by atoms with van der Waals surface area (Å²) < 4.78 is 0. The predicted molar refractivity (Wildman–Crippen MR) is 98.1 cm³/mol. The van der Waals surface area contributed by atoms with E-state index in [9.17, 15) is 0 Å². The molecule has 1 aliphatic heterocycles. The highest BCUT2D eigenvalue weighted by Gasteiger charge is 2.39. The number of benzene rings is 2. The van der Waals surface area contributed by atoms with Gasteiger partial charge in [-0.25, -0.2) is 0 Å². The zero-order valence-electron chi connectivity index (χ0n) is 13.8. The molecule has 2 aromatic carbocycles. The van der Waals surface area contributed by atoms with Crippen molar-refractivity contribution in [1.82, 2.24) is 4.98 Å². The Hall–Kier alpha value is -1.96. The molecule has 3 unspecified atom stereocenters. The monoisotopic (exact) mass is 304 g/mol. The molecule has 5 rings (SSSR count). The lowest BCUT2D eigenvalue weighted by molar-refractivity contribution is 0.351. The van der Waals surface area contributed by atoms with Gasteiger partial charge in [0.15, 0.2) is 0 Å². The Labute approximate surface area is 137 Å². The molecule has 0 spiro atoms. The molecule has 118 valence electrons. The molecule has 2 nitrogen and oxygen atoms in total. The van der Waals surface area contributed by atoms with Crippen LogP contribution in [0.15, 0.2) is 42.5 Å². The van der Waals surface area contributed by atoms with Crippen LogP contribution in [-0.2, 0) is 0 Å². The fourth-order valence-electron chi connectivity index (χ4n) is 5.10. The zero-order chi connectivity index (χ0) is 15.4. The summed E-state index contributed by atoms with van der Waals surface area (Å²) in [5, 5.41) is 2.68. The maximum absolute atomic E-state index is 3.61. The molecule has 2 heterocycles. The van der Waals surface area contributed by atoms with Gasteiger partial charge in [0.1, 0.15) is 0 Å². The van der Waals surface area contributed by atoms with E-state index in [-0.39, 0.29) is 0 Å². The van der Waals surface area contributed by atoms with Gasteiger partial charge in [0.2, 0.25) is 0 Å². The van der Waals surface area contributed by atoms with E-state index in [0.717, 1.165) is 18.0 Å². The summed E-state index contributed by atoms with van der Waals surface area (Å²) in [6, 6.07) is 17.2. The summed E-state index contributed by atoms with van der Waals surface area (Å²) >= 11 is 0. The van der Waals surface area contributed by atoms with Gasteiger partial charge in [0.05, 0.1) is 0 Å². The van der Waals surface area contributed by atoms with Crippen molar-refractivity contribution >= 4 is 27.5 Å². The molecule has 1 aromatic heterocycles. The molecule has 23 heavy (non-hydrogen) atoms. The third-order valence-corrected chi connectivity index (χ3v) is 6.16. The van der Waals surface area contributed by atoms with Crippen LogP contribution in [0, 0.1) is 5.92 Å². The maximum Gasteiger partial charge on any atom is 0.0485 e. The first-order valence-corrected chi connectivity index (χ1v) is 9.12. The SMILES string of the molecule is CCC1CC2CCC(C2)N1c1ccc2c(c1)[nH]c1ccccc12. The molecule has 1 saturated heterocycles. The van der Waals surface area contributed by atoms with Crippen molar-refractivity contribution < 1.29 is 0 Å². The molecular weight excluding hydrogens is 280 g/mol. The number of nitrogens with one attached hydrogen (secondary N) is 1. The third kappa shape index (κ3) is 2.00. The molecule has 2 fully saturated rings. The van der Waals surface area contributed by atoms with Gasteiger partial charge in [0.25, 0.3) is 0 Å². The third-order valence-electron chi connectivity index (χ3n) is 6.16. The largest absolute Gasteiger partial charge is 0.365 e. The van der Waals surface area contributed by atoms with Crippen LogP contribution in [0.1, 0.15) is 39.0 Å². The number of fused-ring (bicyclic) bond motifs is 5. The van der Waals surface area contributed by atoms with E-state index in [4.69, 9.17) is 0 Å². The van der Waals surface area contributed by atoms with E-state index in [1.54, 1.807) is 0 Å². The summed E-state index contributed by atoms with van der Waals surface area (Å²) in [6.07, 6.45) is 6.87. The van der Waals surface area contributed by atoms with Crippen LogP contribution >= 0.6 is 0 Å². The predicted octanol–water partition coefficient (Wildman–Crippen LogP) is 5.48. The molecule has 0 radical (unpaired) electrons. The number of nitrogens with zero attached hydrogens (tertiary/aromatic N) is 1. The quantitative estimate of drug-likeness (QED) is 0.664. The Bertz CT molecular complexity index is 863. The number of aromatic amines is 1. The fourth-order valence-corrected chi connectivity index (χ4v) is 5.10. The molecule has 1 N–H and O–H groups in total. The number of anilines is 1. The average Bonchev–Trinajstić information content (AvgIpc) is 3.14. The van der Waals surface area contributed by atoms with Crippen molar-refractivity contribution in [3.05, 3.63) is 42.5 Å². The van der Waals surface area contributed by atoms with Gasteiger partial charge in [0, 0.05) is 39.6 Å². The van der Waals surface area contributed by atoms with Crippen molar-refractivity contribution in [2.45, 2.75) is 51.1 Å². The highest BCUT2D eigenvalue weighted by atomic mass is 15.2. The normalized spacial score (nSPS) is 27.2. The Morgan fingerprint density at radius 1 is 1.00 bits per heavy atom.